The van der Waals surface area contributed by atoms with Crippen molar-refractivity contribution < 1.29 is 0 Å². The lowest BCUT2D eigenvalue weighted by molar-refractivity contribution is 0.499. The number of aliphatic imine (C=N–C) groups is 1. The fraction of sp³-hybridized carbons (Fsp3) is 0.190. The van der Waals surface area contributed by atoms with Gasteiger partial charge in [-0.2, -0.15) is 0 Å². The number of rotatable bonds is 4. The van der Waals surface area contributed by atoms with Gasteiger partial charge >= 0.3 is 0 Å². The van der Waals surface area contributed by atoms with Crippen LogP contribution in [0.4, 0.5) is 0 Å². The maximum atomic E-state index is 4.70. The van der Waals surface area contributed by atoms with E-state index in [1.54, 1.807) is 0 Å². The molecular formula is C42H36N2. The number of dihydropyridines is 1. The van der Waals surface area contributed by atoms with E-state index in [0.717, 1.165) is 17.7 Å². The highest BCUT2D eigenvalue weighted by molar-refractivity contribution is 5.92. The number of hydrogen-bond acceptors (Lipinski definition) is 2. The highest BCUT2D eigenvalue weighted by atomic mass is 14.8. The first-order chi connectivity index (χ1) is 21.4. The Morgan fingerprint density at radius 2 is 1.50 bits per heavy atom. The number of hydrogen-bond donors (Lipinski definition) is 0. The zero-order chi connectivity index (χ0) is 29.8. The molecule has 3 unspecified atom stereocenters. The van der Waals surface area contributed by atoms with Gasteiger partial charge in [-0.25, -0.2) is 0 Å². The van der Waals surface area contributed by atoms with Gasteiger partial charge in [0.05, 0.1) is 11.7 Å². The van der Waals surface area contributed by atoms with Crippen molar-refractivity contribution in [1.29, 1.82) is 0 Å². The summed E-state index contributed by atoms with van der Waals surface area (Å²) in [6, 6.07) is 26.8. The van der Waals surface area contributed by atoms with Crippen LogP contribution in [0, 0.1) is 11.3 Å². The van der Waals surface area contributed by atoms with Crippen molar-refractivity contribution in [3.63, 3.8) is 0 Å². The highest BCUT2D eigenvalue weighted by Gasteiger charge is 2.37. The van der Waals surface area contributed by atoms with Crippen LogP contribution in [0.25, 0.3) is 45.7 Å². The molecule has 3 atom stereocenters. The molecule has 0 saturated heterocycles. The predicted molar refractivity (Wildman–Crippen MR) is 185 cm³/mol. The molecule has 2 heterocycles. The standard InChI is InChI=1S/C42H36N2/c1-42(2,3)33-24-31-18-20-34-36(27-10-14-29(15-11-27)38-8-4-6-22-43-38)26-37(35-21-19-32(25-33)40(31)41(34)35)28-12-16-30(17-13-28)39-9-5-7-23-44-39/h4-8,10-26,31,39-40H,9H2,1-3H3. The topological polar surface area (TPSA) is 25.2 Å². The van der Waals surface area contributed by atoms with E-state index < -0.39 is 0 Å². The van der Waals surface area contributed by atoms with Crippen molar-refractivity contribution in [3.05, 3.63) is 149 Å². The highest BCUT2D eigenvalue weighted by Crippen LogP contribution is 2.53. The van der Waals surface area contributed by atoms with Crippen LogP contribution in [0.5, 0.6) is 0 Å². The minimum Gasteiger partial charge on any atom is -0.285 e. The minimum atomic E-state index is 0.114. The molecule has 214 valence electrons. The first kappa shape index (κ1) is 26.8. The lowest BCUT2D eigenvalue weighted by atomic mass is 9.64. The molecule has 44 heavy (non-hydrogen) atoms. The summed E-state index contributed by atoms with van der Waals surface area (Å²) in [5, 5.41) is 0. The maximum absolute atomic E-state index is 4.70. The largest absolute Gasteiger partial charge is 0.285 e. The van der Waals surface area contributed by atoms with Gasteiger partial charge in [-0.15, -0.1) is 0 Å². The van der Waals surface area contributed by atoms with Gasteiger partial charge in [-0.05, 0) is 91.8 Å². The average molecular weight is 569 g/mol. The predicted octanol–water partition coefficient (Wildman–Crippen LogP) is 10.8. The maximum Gasteiger partial charge on any atom is 0.0783 e. The van der Waals surface area contributed by atoms with Crippen LogP contribution in [0.15, 0.2) is 132 Å². The van der Waals surface area contributed by atoms with Crippen molar-refractivity contribution in [2.24, 2.45) is 16.3 Å². The molecule has 3 aliphatic carbocycles. The quantitative estimate of drug-likeness (QED) is 0.240. The normalized spacial score (nSPS) is 21.1. The van der Waals surface area contributed by atoms with Crippen LogP contribution >= 0.6 is 0 Å². The summed E-state index contributed by atoms with van der Waals surface area (Å²) >= 11 is 0. The second-order valence-corrected chi connectivity index (χ2v) is 13.4. The third kappa shape index (κ3) is 4.57. The summed E-state index contributed by atoms with van der Waals surface area (Å²) in [4.78, 5) is 9.27. The third-order valence-electron chi connectivity index (χ3n) is 9.60. The number of nitrogens with zero attached hydrogens (tertiary/aromatic N) is 2. The monoisotopic (exact) mass is 568 g/mol. The van der Waals surface area contributed by atoms with E-state index in [-0.39, 0.29) is 11.5 Å². The molecule has 0 amide bonds. The summed E-state index contributed by atoms with van der Waals surface area (Å²) in [5.41, 5.74) is 15.6. The first-order valence-electron chi connectivity index (χ1n) is 15.8. The van der Waals surface area contributed by atoms with Crippen LogP contribution in [0.2, 0.25) is 0 Å². The summed E-state index contributed by atoms with van der Waals surface area (Å²) in [6.07, 6.45) is 23.5. The molecule has 1 aromatic heterocycles. The Morgan fingerprint density at radius 3 is 2.18 bits per heavy atom. The van der Waals surface area contributed by atoms with E-state index in [4.69, 9.17) is 4.99 Å². The van der Waals surface area contributed by atoms with Crippen molar-refractivity contribution in [1.82, 2.24) is 4.98 Å². The fourth-order valence-corrected chi connectivity index (χ4v) is 7.22. The average Bonchev–Trinajstić information content (AvgIpc) is 3.07. The number of pyridine rings is 1. The van der Waals surface area contributed by atoms with Crippen LogP contribution < -0.4 is 0 Å². The molecule has 3 aromatic carbocycles. The van der Waals surface area contributed by atoms with E-state index in [2.05, 4.69) is 129 Å². The van der Waals surface area contributed by atoms with E-state index in [1.807, 2.05) is 30.6 Å². The number of allylic oxidation sites excluding steroid dienone is 7. The summed E-state index contributed by atoms with van der Waals surface area (Å²) in [5.74, 6) is 0.685. The minimum absolute atomic E-state index is 0.114. The van der Waals surface area contributed by atoms with Gasteiger partial charge in [-0.3, -0.25) is 9.98 Å². The Hall–Kier alpha value is -4.82. The molecule has 0 spiro atoms. The Bertz CT molecular complexity index is 1940. The van der Waals surface area contributed by atoms with E-state index in [0.29, 0.717) is 11.8 Å². The molecule has 0 radical (unpaired) electrons. The van der Waals surface area contributed by atoms with Gasteiger partial charge in [0.25, 0.3) is 0 Å². The molecule has 2 nitrogen and oxygen atoms in total. The molecule has 8 rings (SSSR count). The molecule has 0 fully saturated rings. The summed E-state index contributed by atoms with van der Waals surface area (Å²) in [7, 11) is 0. The molecule has 4 aromatic rings. The van der Waals surface area contributed by atoms with Crippen molar-refractivity contribution in [2.45, 2.75) is 39.2 Å². The summed E-state index contributed by atoms with van der Waals surface area (Å²) in [6.45, 7) is 6.95. The van der Waals surface area contributed by atoms with Crippen LogP contribution in [0.3, 0.4) is 0 Å². The Kier molecular flexibility index (Phi) is 6.34. The summed E-state index contributed by atoms with van der Waals surface area (Å²) < 4.78 is 0. The van der Waals surface area contributed by atoms with Crippen molar-refractivity contribution in [2.75, 3.05) is 0 Å². The van der Waals surface area contributed by atoms with Crippen LogP contribution in [-0.2, 0) is 0 Å². The van der Waals surface area contributed by atoms with Gasteiger partial charge in [-0.1, -0.05) is 118 Å². The van der Waals surface area contributed by atoms with E-state index >= 15 is 0 Å². The molecule has 1 aliphatic heterocycles. The van der Waals surface area contributed by atoms with Gasteiger partial charge in [0.1, 0.15) is 0 Å². The molecule has 0 N–H and O–H groups in total. The molecule has 2 heteroatoms. The third-order valence-corrected chi connectivity index (χ3v) is 9.60. The zero-order valence-electron chi connectivity index (χ0n) is 25.5. The lowest BCUT2D eigenvalue weighted by Crippen LogP contribution is -2.25. The first-order valence-corrected chi connectivity index (χ1v) is 15.8. The molecule has 4 aliphatic rings. The van der Waals surface area contributed by atoms with Gasteiger partial charge < -0.3 is 0 Å². The lowest BCUT2D eigenvalue weighted by Gasteiger charge is -2.39. The second kappa shape index (κ2) is 10.4. The molecule has 0 bridgehead atoms. The SMILES string of the molecule is CC(C)(C)C1=CC2C=Cc3c(-c4ccc(-c5ccccn5)cc4)cc(-c4ccc(C5CC=CC=N5)cc4)c4c3C2C(=C1)C=C4. The van der Waals surface area contributed by atoms with Gasteiger partial charge in [0, 0.05) is 29.8 Å². The van der Waals surface area contributed by atoms with Gasteiger partial charge in [0.2, 0.25) is 0 Å². The smallest absolute Gasteiger partial charge is 0.0783 e. The van der Waals surface area contributed by atoms with E-state index in [1.165, 1.54) is 55.7 Å². The van der Waals surface area contributed by atoms with Crippen molar-refractivity contribution >= 4 is 18.4 Å². The Labute approximate surface area is 260 Å². The van der Waals surface area contributed by atoms with Crippen LogP contribution in [-0.4, -0.2) is 11.2 Å². The Morgan fingerprint density at radius 1 is 0.773 bits per heavy atom. The number of benzene rings is 3. The molecular weight excluding hydrogens is 532 g/mol. The number of aromatic nitrogens is 1. The molecule has 0 saturated carbocycles. The fourth-order valence-electron chi connectivity index (χ4n) is 7.22. The van der Waals surface area contributed by atoms with Crippen molar-refractivity contribution in [3.8, 4) is 33.5 Å². The van der Waals surface area contributed by atoms with Crippen LogP contribution in [0.1, 0.15) is 61.4 Å². The van der Waals surface area contributed by atoms with Gasteiger partial charge in [0.15, 0.2) is 0 Å². The Balaban J connectivity index is 1.29. The second-order valence-electron chi connectivity index (χ2n) is 13.4. The van der Waals surface area contributed by atoms with E-state index in [9.17, 15) is 0 Å². The zero-order valence-corrected chi connectivity index (χ0v) is 25.5.